The second kappa shape index (κ2) is 15.7. The van der Waals surface area contributed by atoms with Crippen molar-refractivity contribution < 1.29 is 35.6 Å². The van der Waals surface area contributed by atoms with Gasteiger partial charge in [0.15, 0.2) is 0 Å². The van der Waals surface area contributed by atoms with Gasteiger partial charge in [0, 0.05) is 124 Å². The van der Waals surface area contributed by atoms with E-state index in [4.69, 9.17) is 0 Å². The van der Waals surface area contributed by atoms with Crippen molar-refractivity contribution >= 4 is 88.3 Å². The van der Waals surface area contributed by atoms with E-state index in [2.05, 4.69) is 0 Å². The van der Waals surface area contributed by atoms with Gasteiger partial charge in [0.25, 0.3) is 0 Å². The monoisotopic (exact) mass is 320 g/mol. The van der Waals surface area contributed by atoms with E-state index in [9.17, 15) is 0 Å². The molecule has 8 radical (unpaired) electrons. The fourth-order valence-corrected chi connectivity index (χ4v) is 0. The van der Waals surface area contributed by atoms with Gasteiger partial charge in [0.2, 0.25) is 0 Å². The van der Waals surface area contributed by atoms with Crippen molar-refractivity contribution in [1.29, 1.82) is 0 Å². The summed E-state index contributed by atoms with van der Waals surface area (Å²) in [4.78, 5) is 0. The Labute approximate surface area is 120 Å². The minimum atomic E-state index is 0. The predicted molar refractivity (Wildman–Crippen MR) is 17.3 cm³/mol. The first-order valence-electron chi connectivity index (χ1n) is 0. The van der Waals surface area contributed by atoms with Gasteiger partial charge < -0.3 is 0 Å². The van der Waals surface area contributed by atoms with Crippen molar-refractivity contribution in [2.45, 2.75) is 0 Å². The van der Waals surface area contributed by atoms with Crippen LogP contribution in [0.3, 0.4) is 0 Å². The van der Waals surface area contributed by atoms with Crippen molar-refractivity contribution in [3.8, 4) is 0 Å². The Bertz CT molecular complexity index is 8.00. The molecule has 0 fully saturated rings. The minimum absolute atomic E-state index is 0. The van der Waals surface area contributed by atoms with Gasteiger partial charge in [0.05, 0.1) is 0 Å². The summed E-state index contributed by atoms with van der Waals surface area (Å²) in [5, 5.41) is 0. The smallest absolute Gasteiger partial charge is 0 e. The zero-order valence-corrected chi connectivity index (χ0v) is 13.5. The van der Waals surface area contributed by atoms with Gasteiger partial charge in [0.1, 0.15) is 0 Å². The van der Waals surface area contributed by atoms with E-state index in [-0.39, 0.29) is 124 Å². The Morgan fingerprint density at radius 1 is 1.00 bits per heavy atom. The standard InChI is InChI=1S/Ga.La.Mg.Sr. The van der Waals surface area contributed by atoms with E-state index in [0.717, 1.165) is 0 Å². The average Bonchev–Trinajstić information content (AvgIpc) is 0. The Kier molecular flexibility index (Phi) is 95.7. The molecule has 4 heavy (non-hydrogen) atoms. The van der Waals surface area contributed by atoms with Gasteiger partial charge >= 0.3 is 0 Å². The molecule has 0 aromatic carbocycles. The molecule has 0 rings (SSSR count). The van der Waals surface area contributed by atoms with E-state index < -0.39 is 0 Å². The summed E-state index contributed by atoms with van der Waals surface area (Å²) in [6.07, 6.45) is 0. The quantitative estimate of drug-likeness (QED) is 0.495. The van der Waals surface area contributed by atoms with Crippen LogP contribution < -0.4 is 0 Å². The summed E-state index contributed by atoms with van der Waals surface area (Å²) in [7, 11) is 0. The minimum Gasteiger partial charge on any atom is 0 e. The van der Waals surface area contributed by atoms with Crippen LogP contribution in [0.15, 0.2) is 0 Å². The zero-order chi connectivity index (χ0) is 0. The van der Waals surface area contributed by atoms with E-state index in [1.807, 2.05) is 0 Å². The Balaban J connectivity index is 0. The first-order chi connectivity index (χ1) is 0. The molecule has 0 heterocycles. The second-order valence-electron chi connectivity index (χ2n) is 0. The van der Waals surface area contributed by atoms with Crippen molar-refractivity contribution in [3.63, 3.8) is 0 Å². The van der Waals surface area contributed by atoms with Gasteiger partial charge in [-0.2, -0.15) is 0 Å². The summed E-state index contributed by atoms with van der Waals surface area (Å²) in [6, 6.07) is 0. The number of rotatable bonds is 0. The van der Waals surface area contributed by atoms with Gasteiger partial charge in [-0.25, -0.2) is 0 Å². The van der Waals surface area contributed by atoms with Crippen LogP contribution in [0.2, 0.25) is 0 Å². The maximum atomic E-state index is 0. The molecular weight excluding hydrogens is 321 g/mol. The third-order valence-electron chi connectivity index (χ3n) is 0. The summed E-state index contributed by atoms with van der Waals surface area (Å²) < 4.78 is 0. The van der Waals surface area contributed by atoms with Crippen LogP contribution in [0, 0.1) is 35.6 Å². The molecule has 0 amide bonds. The van der Waals surface area contributed by atoms with Crippen LogP contribution in [0.1, 0.15) is 0 Å². The summed E-state index contributed by atoms with van der Waals surface area (Å²) in [6.45, 7) is 0. The SMILES string of the molecule is [Ga].[La].[Mg].[Sr]. The maximum Gasteiger partial charge on any atom is 0 e. The van der Waals surface area contributed by atoms with Crippen LogP contribution >= 0.6 is 0 Å². The zero-order valence-electron chi connectivity index (χ0n) is 2.57. The molecule has 0 aromatic heterocycles. The Morgan fingerprint density at radius 2 is 1.00 bits per heavy atom. The third-order valence-corrected chi connectivity index (χ3v) is 0. The first-order valence-corrected chi connectivity index (χ1v) is 0. The van der Waals surface area contributed by atoms with Crippen LogP contribution in [-0.2, 0) is 0 Å². The molecule has 0 spiro atoms. The number of hydrogen-bond donors (Lipinski definition) is 0. The maximum absolute atomic E-state index is 0. The number of hydrogen-bond acceptors (Lipinski definition) is 0. The Hall–Kier alpha value is 4.08. The molecule has 0 saturated heterocycles. The topological polar surface area (TPSA) is 0 Å². The van der Waals surface area contributed by atoms with Gasteiger partial charge in [-0.05, 0) is 0 Å². The van der Waals surface area contributed by atoms with Gasteiger partial charge in [-0.3, -0.25) is 0 Å². The molecule has 10 valence electrons. The molecule has 0 nitrogen and oxygen atoms in total. The van der Waals surface area contributed by atoms with E-state index in [1.54, 1.807) is 0 Å². The second-order valence-corrected chi connectivity index (χ2v) is 0. The van der Waals surface area contributed by atoms with Gasteiger partial charge in [-0.1, -0.05) is 0 Å². The molecule has 0 saturated carbocycles. The summed E-state index contributed by atoms with van der Waals surface area (Å²) in [5.41, 5.74) is 0. The van der Waals surface area contributed by atoms with Crippen molar-refractivity contribution in [2.75, 3.05) is 0 Å². The van der Waals surface area contributed by atoms with Crippen LogP contribution in [0.4, 0.5) is 0 Å². The molecule has 0 unspecified atom stereocenters. The van der Waals surface area contributed by atoms with E-state index in [0.29, 0.717) is 0 Å². The van der Waals surface area contributed by atoms with Crippen molar-refractivity contribution in [3.05, 3.63) is 0 Å². The summed E-state index contributed by atoms with van der Waals surface area (Å²) >= 11 is 0. The van der Waals surface area contributed by atoms with Crippen LogP contribution in [0.25, 0.3) is 0 Å². The normalized spacial score (nSPS) is 0. The molecule has 0 aliphatic rings. The molecule has 0 atom stereocenters. The van der Waals surface area contributed by atoms with E-state index >= 15 is 0 Å². The van der Waals surface area contributed by atoms with Crippen molar-refractivity contribution in [1.82, 2.24) is 0 Å². The molecule has 0 aliphatic carbocycles. The predicted octanol–water partition coefficient (Wildman–Crippen LogP) is -1.14. The molecule has 0 N–H and O–H groups in total. The van der Waals surface area contributed by atoms with Gasteiger partial charge in [-0.15, -0.1) is 0 Å². The largest absolute Gasteiger partial charge is 0 e. The fourth-order valence-electron chi connectivity index (χ4n) is 0. The Morgan fingerprint density at radius 3 is 1.00 bits per heavy atom. The molecule has 4 heteroatoms. The molecule has 0 aliphatic heterocycles. The fraction of sp³-hybridized carbons (Fsp3) is 0. The summed E-state index contributed by atoms with van der Waals surface area (Å²) in [5.74, 6) is 0. The van der Waals surface area contributed by atoms with E-state index in [1.165, 1.54) is 0 Å². The van der Waals surface area contributed by atoms with Crippen LogP contribution in [0.5, 0.6) is 0 Å². The molecule has 0 bridgehead atoms. The molecule has 0 aromatic rings. The average molecular weight is 321 g/mol. The van der Waals surface area contributed by atoms with Crippen molar-refractivity contribution in [2.24, 2.45) is 0 Å². The third kappa shape index (κ3) is 9.42. The van der Waals surface area contributed by atoms with Crippen LogP contribution in [-0.4, -0.2) is 88.3 Å². The first kappa shape index (κ1) is 24.3. The molecular formula is GaLaMgSr.